The van der Waals surface area contributed by atoms with E-state index in [9.17, 15) is 0 Å². The minimum absolute atomic E-state index is 0. The number of halogens is 2. The Morgan fingerprint density at radius 1 is 0.950 bits per heavy atom. The second-order valence-electron chi connectivity index (χ2n) is 4.12. The summed E-state index contributed by atoms with van der Waals surface area (Å²) in [5, 5.41) is 2.66. The van der Waals surface area contributed by atoms with E-state index < -0.39 is 0 Å². The molecule has 0 fully saturated rings. The van der Waals surface area contributed by atoms with Crippen LogP contribution >= 0.6 is 0 Å². The van der Waals surface area contributed by atoms with Crippen molar-refractivity contribution in [2.45, 2.75) is 6.92 Å². The molecule has 0 amide bonds. The van der Waals surface area contributed by atoms with Crippen molar-refractivity contribution in [2.75, 3.05) is 0 Å². The van der Waals surface area contributed by atoms with Gasteiger partial charge in [0.05, 0.1) is 0 Å². The van der Waals surface area contributed by atoms with E-state index in [1.165, 1.54) is 21.0 Å². The molecule has 0 unspecified atom stereocenters. The summed E-state index contributed by atoms with van der Waals surface area (Å²) in [4.78, 5) is 0. The van der Waals surface area contributed by atoms with E-state index in [1.54, 1.807) is 27.1 Å². The molecule has 0 saturated heterocycles. The quantitative estimate of drug-likeness (QED) is 0.279. The molecule has 0 spiro atoms. The number of benzene rings is 1. The van der Waals surface area contributed by atoms with Crippen molar-refractivity contribution in [1.82, 2.24) is 0 Å². The van der Waals surface area contributed by atoms with Crippen LogP contribution in [-0.4, -0.2) is 13.1 Å². The van der Waals surface area contributed by atoms with Crippen LogP contribution in [0.3, 0.4) is 0 Å². The monoisotopic (exact) mass is 398 g/mol. The minimum Gasteiger partial charge on any atom is -1.00 e. The maximum Gasteiger partial charge on any atom is -0.0809 e. The number of hydrogen-bond acceptors (Lipinski definition) is 0. The maximum absolute atomic E-state index is 2.19. The molecule has 0 aliphatic carbocycles. The Balaban J connectivity index is 0. The molecule has 0 nitrogen and oxygen atoms in total. The largest absolute Gasteiger partial charge is 1.00 e. The van der Waals surface area contributed by atoms with Gasteiger partial charge >= 0.3 is 44.2 Å². The van der Waals surface area contributed by atoms with Gasteiger partial charge in [0, 0.05) is 0 Å². The van der Waals surface area contributed by atoms with E-state index in [0.717, 1.165) is 0 Å². The van der Waals surface area contributed by atoms with Gasteiger partial charge in [0.25, 0.3) is 0 Å². The normalized spacial score (nSPS) is 8.15. The van der Waals surface area contributed by atoms with Gasteiger partial charge in [-0.1, -0.05) is 6.07 Å². The zero-order valence-corrected chi connectivity index (χ0v) is 17.7. The second-order valence-corrected chi connectivity index (χ2v) is 10.5. The summed E-state index contributed by atoms with van der Waals surface area (Å²) >= 11 is 1.62. The standard InChI is InChI=1S/C9H7.C5H5.C2H6Si.2ClH.Zr/c1-2-5-9-7-3-6-8(9)4-1;1-2-4-5-3-1;1-2-3;;;/h1-7H;1-5H;1,3H3;2*1H;/q2*-1;;;;+2/p-2. The predicted octanol–water partition coefficient (Wildman–Crippen LogP) is -2.98. The third-order valence-electron chi connectivity index (χ3n) is 2.10. The summed E-state index contributed by atoms with van der Waals surface area (Å²) in [5.41, 5.74) is 0. The fraction of sp³-hybridized carbons (Fsp3) is 0.0625. The Morgan fingerprint density at radius 3 is 1.95 bits per heavy atom. The summed E-state index contributed by atoms with van der Waals surface area (Å²) in [6.07, 6.45) is 0. The zero-order valence-electron chi connectivity index (χ0n) is 11.7. The van der Waals surface area contributed by atoms with Crippen molar-refractivity contribution in [2.24, 2.45) is 0 Å². The topological polar surface area (TPSA) is 0 Å². The van der Waals surface area contributed by atoms with Crippen LogP contribution in [0.25, 0.3) is 10.8 Å². The number of hydrogen-bond donors (Lipinski definition) is 0. The minimum atomic E-state index is 0. The molecule has 0 atom stereocenters. The molecule has 3 aromatic carbocycles. The van der Waals surface area contributed by atoms with Gasteiger partial charge in [-0.25, -0.2) is 12.1 Å². The van der Waals surface area contributed by atoms with Gasteiger partial charge in [-0.15, -0.1) is 29.7 Å². The second kappa shape index (κ2) is 13.7. The first kappa shape index (κ1) is 22.0. The van der Waals surface area contributed by atoms with Crippen molar-refractivity contribution < 1.29 is 49.0 Å². The van der Waals surface area contributed by atoms with Crippen molar-refractivity contribution in [3.63, 3.8) is 0 Å². The molecule has 0 heterocycles. The molecule has 4 heteroatoms. The molecule has 0 saturated carbocycles. The Labute approximate surface area is 151 Å². The molecule has 3 aromatic rings. The van der Waals surface area contributed by atoms with Gasteiger partial charge in [0.15, 0.2) is 0 Å². The van der Waals surface area contributed by atoms with Crippen LogP contribution < -0.4 is 24.8 Å². The molecule has 0 aliphatic rings. The summed E-state index contributed by atoms with van der Waals surface area (Å²) in [6.45, 7) is 2.19. The average molecular weight is 401 g/mol. The summed E-state index contributed by atoms with van der Waals surface area (Å²) < 4.78 is 1.65. The SMILES string of the molecule is C[C]([SiH3])=[Zr+2].[Cl-].[Cl-].c1cc[cH-]c1.c1ccc2[cH-]ccc2c1. The maximum atomic E-state index is 2.19. The van der Waals surface area contributed by atoms with E-state index in [2.05, 4.69) is 49.4 Å². The van der Waals surface area contributed by atoms with Crippen molar-refractivity contribution >= 4 is 23.8 Å². The van der Waals surface area contributed by atoms with Crippen LogP contribution in [0.2, 0.25) is 0 Å². The third-order valence-corrected chi connectivity index (χ3v) is 2.10. The van der Waals surface area contributed by atoms with Crippen LogP contribution in [0.1, 0.15) is 6.92 Å². The van der Waals surface area contributed by atoms with E-state index in [1.807, 2.05) is 30.3 Å². The van der Waals surface area contributed by atoms with E-state index in [-0.39, 0.29) is 24.8 Å². The van der Waals surface area contributed by atoms with E-state index in [4.69, 9.17) is 0 Å². The van der Waals surface area contributed by atoms with Gasteiger partial charge < -0.3 is 24.8 Å². The fourth-order valence-electron chi connectivity index (χ4n) is 1.39. The number of fused-ring (bicyclic) bond motifs is 1. The van der Waals surface area contributed by atoms with Gasteiger partial charge in [-0.2, -0.15) is 35.7 Å². The van der Waals surface area contributed by atoms with Crippen LogP contribution in [0, 0.1) is 0 Å². The first-order valence-electron chi connectivity index (χ1n) is 5.99. The molecule has 0 bridgehead atoms. The molecular formula is C16H18Cl2SiZr-2. The fourth-order valence-corrected chi connectivity index (χ4v) is 1.39. The molecule has 0 radical (unpaired) electrons. The van der Waals surface area contributed by atoms with Crippen molar-refractivity contribution in [3.05, 3.63) is 72.8 Å². The summed E-state index contributed by atoms with van der Waals surface area (Å²) in [6, 6.07) is 24.7. The van der Waals surface area contributed by atoms with E-state index >= 15 is 0 Å². The summed E-state index contributed by atoms with van der Waals surface area (Å²) in [5.74, 6) is 0. The summed E-state index contributed by atoms with van der Waals surface area (Å²) in [7, 11) is 1.31. The molecule has 0 aliphatic heterocycles. The van der Waals surface area contributed by atoms with Crippen LogP contribution in [0.4, 0.5) is 0 Å². The first-order valence-corrected chi connectivity index (χ1v) is 8.22. The van der Waals surface area contributed by atoms with Crippen LogP contribution in [0.5, 0.6) is 0 Å². The smallest absolute Gasteiger partial charge is 0.0809 e. The Kier molecular flexibility index (Phi) is 15.1. The molecule has 0 N–H and O–H groups in total. The molecular weight excluding hydrogens is 382 g/mol. The van der Waals surface area contributed by atoms with Crippen LogP contribution in [0.15, 0.2) is 72.8 Å². The van der Waals surface area contributed by atoms with Gasteiger partial charge in [0.1, 0.15) is 0 Å². The van der Waals surface area contributed by atoms with Gasteiger partial charge in [-0.3, -0.25) is 0 Å². The Bertz CT molecular complexity index is 507. The molecule has 0 aromatic heterocycles. The third kappa shape index (κ3) is 10.5. The molecule has 106 valence electrons. The first-order chi connectivity index (χ1) is 8.70. The zero-order chi connectivity index (χ0) is 13.2. The van der Waals surface area contributed by atoms with Crippen molar-refractivity contribution in [3.8, 4) is 0 Å². The van der Waals surface area contributed by atoms with Gasteiger partial charge in [-0.05, 0) is 0 Å². The number of rotatable bonds is 0. The Hall–Kier alpha value is -0.270. The van der Waals surface area contributed by atoms with E-state index in [0.29, 0.717) is 0 Å². The Morgan fingerprint density at radius 2 is 1.50 bits per heavy atom. The average Bonchev–Trinajstić information content (AvgIpc) is 3.03. The van der Waals surface area contributed by atoms with Crippen LogP contribution in [-0.2, 0) is 24.2 Å². The predicted molar refractivity (Wildman–Crippen MR) is 82.2 cm³/mol. The van der Waals surface area contributed by atoms with Gasteiger partial charge in [0.2, 0.25) is 0 Å². The molecule has 20 heavy (non-hydrogen) atoms. The van der Waals surface area contributed by atoms with Crippen molar-refractivity contribution in [1.29, 1.82) is 0 Å². The molecule has 3 rings (SSSR count).